The number of hydrogen-bond donors (Lipinski definition) is 1. The first kappa shape index (κ1) is 10.4. The maximum absolute atomic E-state index is 9.14. The molecule has 2 aromatic heterocycles. The fourth-order valence-electron chi connectivity index (χ4n) is 1.26. The van der Waals surface area contributed by atoms with Crippen LogP contribution < -0.4 is 0 Å². The minimum absolute atomic E-state index is 0.0168. The van der Waals surface area contributed by atoms with Crippen molar-refractivity contribution >= 4 is 11.3 Å². The van der Waals surface area contributed by atoms with E-state index in [0.29, 0.717) is 6.61 Å². The molecule has 0 aliphatic carbocycles. The van der Waals surface area contributed by atoms with Gasteiger partial charge in [-0.3, -0.25) is 0 Å². The van der Waals surface area contributed by atoms with Crippen LogP contribution in [0.25, 0.3) is 10.8 Å². The van der Waals surface area contributed by atoms with Gasteiger partial charge in [0.05, 0.1) is 30.0 Å². The number of furan rings is 1. The Labute approximate surface area is 91.1 Å². The van der Waals surface area contributed by atoms with E-state index in [1.54, 1.807) is 13.4 Å². The van der Waals surface area contributed by atoms with E-state index in [-0.39, 0.29) is 6.61 Å². The van der Waals surface area contributed by atoms with Crippen molar-refractivity contribution in [1.29, 1.82) is 0 Å². The molecule has 0 amide bonds. The van der Waals surface area contributed by atoms with E-state index in [1.807, 2.05) is 12.1 Å². The van der Waals surface area contributed by atoms with Crippen LogP contribution in [0.3, 0.4) is 0 Å². The molecule has 0 saturated carbocycles. The lowest BCUT2D eigenvalue weighted by atomic mass is 10.4. The van der Waals surface area contributed by atoms with Crippen molar-refractivity contribution in [1.82, 2.24) is 4.98 Å². The van der Waals surface area contributed by atoms with E-state index in [4.69, 9.17) is 14.3 Å². The summed E-state index contributed by atoms with van der Waals surface area (Å²) in [5.74, 6) is 0.719. The number of hydrogen-bond acceptors (Lipinski definition) is 5. The molecule has 0 fully saturated rings. The molecule has 2 heterocycles. The predicted molar refractivity (Wildman–Crippen MR) is 56.5 cm³/mol. The number of rotatable bonds is 4. The molecule has 2 aromatic rings. The summed E-state index contributed by atoms with van der Waals surface area (Å²) in [6.45, 7) is 0.393. The summed E-state index contributed by atoms with van der Waals surface area (Å²) in [4.78, 5) is 5.18. The minimum Gasteiger partial charge on any atom is -0.462 e. The molecule has 0 spiro atoms. The van der Waals surface area contributed by atoms with Crippen molar-refractivity contribution < 1.29 is 14.3 Å². The average molecular weight is 225 g/mol. The summed E-state index contributed by atoms with van der Waals surface area (Å²) in [5.41, 5.74) is 0.774. The van der Waals surface area contributed by atoms with Gasteiger partial charge in [-0.25, -0.2) is 4.98 Å². The summed E-state index contributed by atoms with van der Waals surface area (Å²) < 4.78 is 10.2. The molecule has 0 unspecified atom stereocenters. The van der Waals surface area contributed by atoms with Crippen molar-refractivity contribution in [3.8, 4) is 10.8 Å². The zero-order valence-electron chi connectivity index (χ0n) is 8.27. The number of thiazole rings is 1. The minimum atomic E-state index is -0.0168. The number of aromatic nitrogens is 1. The van der Waals surface area contributed by atoms with Crippen LogP contribution in [-0.4, -0.2) is 17.2 Å². The third-order valence-corrected chi connectivity index (χ3v) is 3.03. The zero-order valence-corrected chi connectivity index (χ0v) is 9.08. The molecule has 0 aliphatic heterocycles. The Kier molecular flexibility index (Phi) is 3.15. The van der Waals surface area contributed by atoms with Crippen molar-refractivity contribution in [3.63, 3.8) is 0 Å². The molecule has 0 saturated heterocycles. The molecule has 0 bridgehead atoms. The van der Waals surface area contributed by atoms with Gasteiger partial charge in [0, 0.05) is 7.11 Å². The van der Waals surface area contributed by atoms with Gasteiger partial charge in [-0.2, -0.15) is 0 Å². The number of aliphatic hydroxyl groups excluding tert-OH is 1. The lowest BCUT2D eigenvalue weighted by molar-refractivity contribution is 0.179. The Morgan fingerprint density at radius 3 is 3.07 bits per heavy atom. The Morgan fingerprint density at radius 1 is 1.60 bits per heavy atom. The molecule has 0 radical (unpaired) electrons. The first-order valence-corrected chi connectivity index (χ1v) is 5.29. The Bertz CT molecular complexity index is 422. The van der Waals surface area contributed by atoms with Crippen LogP contribution in [0.15, 0.2) is 22.8 Å². The molecule has 15 heavy (non-hydrogen) atoms. The molecule has 4 nitrogen and oxygen atoms in total. The average Bonchev–Trinajstić information content (AvgIpc) is 2.84. The highest BCUT2D eigenvalue weighted by Gasteiger charge is 2.13. The van der Waals surface area contributed by atoms with E-state index in [9.17, 15) is 0 Å². The fourth-order valence-corrected chi connectivity index (χ4v) is 2.15. The number of ether oxygens (including phenoxy) is 1. The SMILES string of the molecule is COCc1nc(-c2ccco2)sc1CO. The summed E-state index contributed by atoms with van der Waals surface area (Å²) in [6, 6.07) is 3.65. The molecular weight excluding hydrogens is 214 g/mol. The molecule has 0 atom stereocenters. The van der Waals surface area contributed by atoms with Gasteiger partial charge < -0.3 is 14.3 Å². The van der Waals surface area contributed by atoms with Crippen molar-refractivity contribution in [2.45, 2.75) is 13.2 Å². The summed E-state index contributed by atoms with van der Waals surface area (Å²) in [6.07, 6.45) is 1.60. The van der Waals surface area contributed by atoms with E-state index >= 15 is 0 Å². The Hall–Kier alpha value is -1.17. The van der Waals surface area contributed by atoms with Crippen LogP contribution in [0, 0.1) is 0 Å². The first-order chi connectivity index (χ1) is 7.35. The van der Waals surface area contributed by atoms with Crippen molar-refractivity contribution in [3.05, 3.63) is 29.0 Å². The second-order valence-electron chi connectivity index (χ2n) is 2.96. The van der Waals surface area contributed by atoms with Crippen molar-refractivity contribution in [2.75, 3.05) is 7.11 Å². The van der Waals surface area contributed by atoms with Gasteiger partial charge in [0.2, 0.25) is 0 Å². The van der Waals surface area contributed by atoms with Crippen LogP contribution in [0.5, 0.6) is 0 Å². The van der Waals surface area contributed by atoms with Gasteiger partial charge in [-0.15, -0.1) is 11.3 Å². The zero-order chi connectivity index (χ0) is 10.7. The van der Waals surface area contributed by atoms with Gasteiger partial charge >= 0.3 is 0 Å². The fraction of sp³-hybridized carbons (Fsp3) is 0.300. The number of methoxy groups -OCH3 is 1. The van der Waals surface area contributed by atoms with Crippen LogP contribution >= 0.6 is 11.3 Å². The van der Waals surface area contributed by atoms with Crippen LogP contribution in [0.4, 0.5) is 0 Å². The van der Waals surface area contributed by atoms with E-state index in [1.165, 1.54) is 11.3 Å². The van der Waals surface area contributed by atoms with Crippen LogP contribution in [0.2, 0.25) is 0 Å². The topological polar surface area (TPSA) is 55.5 Å². The molecule has 1 N–H and O–H groups in total. The number of aliphatic hydroxyl groups is 1. The quantitative estimate of drug-likeness (QED) is 0.865. The molecule has 5 heteroatoms. The largest absolute Gasteiger partial charge is 0.462 e. The predicted octanol–water partition coefficient (Wildman–Crippen LogP) is 2.04. The highest BCUT2D eigenvalue weighted by Crippen LogP contribution is 2.28. The van der Waals surface area contributed by atoms with Crippen LogP contribution in [-0.2, 0) is 18.0 Å². The summed E-state index contributed by atoms with van der Waals surface area (Å²) >= 11 is 1.42. The first-order valence-electron chi connectivity index (χ1n) is 4.47. The van der Waals surface area contributed by atoms with E-state index in [0.717, 1.165) is 21.3 Å². The van der Waals surface area contributed by atoms with E-state index in [2.05, 4.69) is 4.98 Å². The van der Waals surface area contributed by atoms with Crippen LogP contribution in [0.1, 0.15) is 10.6 Å². The third kappa shape index (κ3) is 2.09. The highest BCUT2D eigenvalue weighted by molar-refractivity contribution is 7.15. The smallest absolute Gasteiger partial charge is 0.162 e. The van der Waals surface area contributed by atoms with Gasteiger partial charge in [-0.05, 0) is 12.1 Å². The lowest BCUT2D eigenvalue weighted by Gasteiger charge is -1.95. The molecule has 0 aliphatic rings. The Morgan fingerprint density at radius 2 is 2.47 bits per heavy atom. The maximum atomic E-state index is 9.14. The second-order valence-corrected chi connectivity index (χ2v) is 4.04. The van der Waals surface area contributed by atoms with Crippen molar-refractivity contribution in [2.24, 2.45) is 0 Å². The van der Waals surface area contributed by atoms with Gasteiger partial charge in [-0.1, -0.05) is 0 Å². The number of nitrogens with zero attached hydrogens (tertiary/aromatic N) is 1. The molecule has 2 rings (SSSR count). The van der Waals surface area contributed by atoms with Gasteiger partial charge in [0.1, 0.15) is 0 Å². The molecular formula is C10H11NO3S. The standard InChI is InChI=1S/C10H11NO3S/c1-13-6-7-9(5-12)15-10(11-7)8-3-2-4-14-8/h2-4,12H,5-6H2,1H3. The lowest BCUT2D eigenvalue weighted by Crippen LogP contribution is -1.92. The monoisotopic (exact) mass is 225 g/mol. The molecule has 0 aromatic carbocycles. The maximum Gasteiger partial charge on any atom is 0.162 e. The normalized spacial score (nSPS) is 10.8. The van der Waals surface area contributed by atoms with Gasteiger partial charge in [0.25, 0.3) is 0 Å². The summed E-state index contributed by atoms with van der Waals surface area (Å²) in [5, 5.41) is 9.91. The highest BCUT2D eigenvalue weighted by atomic mass is 32.1. The summed E-state index contributed by atoms with van der Waals surface area (Å²) in [7, 11) is 1.60. The molecule has 80 valence electrons. The second kappa shape index (κ2) is 4.57. The Balaban J connectivity index is 2.34. The third-order valence-electron chi connectivity index (χ3n) is 1.93. The van der Waals surface area contributed by atoms with E-state index < -0.39 is 0 Å². The van der Waals surface area contributed by atoms with Gasteiger partial charge in [0.15, 0.2) is 10.8 Å².